The first-order valence-corrected chi connectivity index (χ1v) is 12.6. The van der Waals surface area contributed by atoms with Gasteiger partial charge in [-0.15, -0.1) is 0 Å². The minimum absolute atomic E-state index is 0.148. The van der Waals surface area contributed by atoms with E-state index in [-0.39, 0.29) is 6.67 Å². The summed E-state index contributed by atoms with van der Waals surface area (Å²) in [6.45, 7) is -0.148. The van der Waals surface area contributed by atoms with Crippen LogP contribution < -0.4 is 0 Å². The first-order valence-electron chi connectivity index (χ1n) is 10.2. The molecule has 2 aliphatic rings. The van der Waals surface area contributed by atoms with E-state index < -0.39 is 20.4 Å². The van der Waals surface area contributed by atoms with Crippen LogP contribution in [0.3, 0.4) is 0 Å². The minimum Gasteiger partial charge on any atom is -0.251 e. The fourth-order valence-electron chi connectivity index (χ4n) is 5.17. The van der Waals surface area contributed by atoms with Crippen molar-refractivity contribution in [3.63, 3.8) is 0 Å². The van der Waals surface area contributed by atoms with Crippen LogP contribution in [0.2, 0.25) is 18.1 Å². The second kappa shape index (κ2) is 9.25. The molecular formula is C21H31F3Si. The molecule has 1 aromatic rings. The standard InChI is InChI=1S/C21H31F3Si/c22-11-1-2-12-25-13-9-18(10-14-25)16-3-5-17(6-4-16)19-7-8-20(23)21(24)15-19/h7-8,15-18,25H,1-6,9-14H2/t16-,17-,18-,25-. The molecule has 0 nitrogen and oxygen atoms in total. The van der Waals surface area contributed by atoms with Crippen molar-refractivity contribution in [1.29, 1.82) is 0 Å². The van der Waals surface area contributed by atoms with Gasteiger partial charge in [-0.05, 0) is 67.6 Å². The predicted octanol–water partition coefficient (Wildman–Crippen LogP) is 6.63. The zero-order chi connectivity index (χ0) is 17.6. The molecule has 0 bridgehead atoms. The monoisotopic (exact) mass is 368 g/mol. The molecular weight excluding hydrogens is 337 g/mol. The van der Waals surface area contributed by atoms with Gasteiger partial charge in [-0.3, -0.25) is 4.39 Å². The van der Waals surface area contributed by atoms with E-state index in [9.17, 15) is 13.2 Å². The van der Waals surface area contributed by atoms with E-state index in [1.54, 1.807) is 6.07 Å². The molecule has 0 aromatic heterocycles. The van der Waals surface area contributed by atoms with Gasteiger partial charge in [-0.2, -0.15) is 0 Å². The van der Waals surface area contributed by atoms with Crippen molar-refractivity contribution >= 4 is 8.80 Å². The van der Waals surface area contributed by atoms with E-state index in [1.807, 2.05) is 0 Å². The lowest BCUT2D eigenvalue weighted by molar-refractivity contribution is 0.216. The average molecular weight is 369 g/mol. The second-order valence-electron chi connectivity index (χ2n) is 8.25. The number of hydrogen-bond donors (Lipinski definition) is 0. The lowest BCUT2D eigenvalue weighted by Crippen LogP contribution is -2.28. The zero-order valence-corrected chi connectivity index (χ0v) is 16.3. The van der Waals surface area contributed by atoms with E-state index in [1.165, 1.54) is 55.9 Å². The Hall–Kier alpha value is -0.773. The Morgan fingerprint density at radius 2 is 1.52 bits per heavy atom. The maximum Gasteiger partial charge on any atom is 0.159 e. The topological polar surface area (TPSA) is 0 Å². The van der Waals surface area contributed by atoms with Crippen LogP contribution >= 0.6 is 0 Å². The van der Waals surface area contributed by atoms with Crippen LogP contribution in [0, 0.1) is 23.5 Å². The molecule has 0 radical (unpaired) electrons. The molecule has 1 aromatic carbocycles. The highest BCUT2D eigenvalue weighted by Crippen LogP contribution is 2.43. The third-order valence-corrected chi connectivity index (χ3v) is 10.3. The Bertz CT molecular complexity index is 532. The number of rotatable bonds is 6. The van der Waals surface area contributed by atoms with Crippen LogP contribution in [0.25, 0.3) is 0 Å². The molecule has 1 saturated heterocycles. The summed E-state index contributed by atoms with van der Waals surface area (Å²) in [5.74, 6) is 0.663. The minimum atomic E-state index is -0.745. The van der Waals surface area contributed by atoms with Gasteiger partial charge in [0.15, 0.2) is 11.6 Å². The number of hydrogen-bond acceptors (Lipinski definition) is 0. The molecule has 0 N–H and O–H groups in total. The summed E-state index contributed by atoms with van der Waals surface area (Å²) >= 11 is 0. The lowest BCUT2D eigenvalue weighted by Gasteiger charge is -2.37. The Balaban J connectivity index is 1.43. The summed E-state index contributed by atoms with van der Waals surface area (Å²) in [4.78, 5) is 0. The van der Waals surface area contributed by atoms with Crippen LogP contribution in [0.15, 0.2) is 18.2 Å². The Kier molecular flexibility index (Phi) is 7.03. The molecule has 140 valence electrons. The summed E-state index contributed by atoms with van der Waals surface area (Å²) in [5.41, 5.74) is 0.973. The van der Waals surface area contributed by atoms with Crippen molar-refractivity contribution in [2.24, 2.45) is 11.8 Å². The number of benzene rings is 1. The lowest BCUT2D eigenvalue weighted by atomic mass is 9.72. The summed E-state index contributed by atoms with van der Waals surface area (Å²) in [5, 5.41) is 0. The average Bonchev–Trinajstić information content (AvgIpc) is 2.65. The van der Waals surface area contributed by atoms with Gasteiger partial charge >= 0.3 is 0 Å². The highest BCUT2D eigenvalue weighted by molar-refractivity contribution is 6.58. The van der Waals surface area contributed by atoms with E-state index in [2.05, 4.69) is 0 Å². The summed E-state index contributed by atoms with van der Waals surface area (Å²) in [6, 6.07) is 8.69. The fourth-order valence-corrected chi connectivity index (χ4v) is 8.70. The molecule has 1 aliphatic heterocycles. The SMILES string of the molecule is FCCCC[Si@H]1CC[C@H]([C@H]2CC[C@H](c3ccc(F)c(F)c3)CC2)CC1. The van der Waals surface area contributed by atoms with Crippen LogP contribution in [-0.4, -0.2) is 15.5 Å². The van der Waals surface area contributed by atoms with Gasteiger partial charge in [-0.1, -0.05) is 43.5 Å². The van der Waals surface area contributed by atoms with Gasteiger partial charge in [0.25, 0.3) is 0 Å². The molecule has 0 atom stereocenters. The number of unbranched alkanes of at least 4 members (excludes halogenated alkanes) is 1. The molecule has 2 fully saturated rings. The van der Waals surface area contributed by atoms with E-state index in [0.717, 1.165) is 43.1 Å². The Morgan fingerprint density at radius 3 is 2.16 bits per heavy atom. The van der Waals surface area contributed by atoms with Gasteiger partial charge in [0, 0.05) is 8.80 Å². The van der Waals surface area contributed by atoms with Gasteiger partial charge in [0.05, 0.1) is 6.67 Å². The third kappa shape index (κ3) is 5.12. The van der Waals surface area contributed by atoms with Crippen molar-refractivity contribution < 1.29 is 13.2 Å². The van der Waals surface area contributed by atoms with Crippen LogP contribution in [0.4, 0.5) is 13.2 Å². The van der Waals surface area contributed by atoms with Crippen molar-refractivity contribution in [2.75, 3.05) is 6.67 Å². The van der Waals surface area contributed by atoms with Gasteiger partial charge in [-0.25, -0.2) is 8.78 Å². The van der Waals surface area contributed by atoms with Crippen molar-refractivity contribution in [1.82, 2.24) is 0 Å². The molecule has 4 heteroatoms. The summed E-state index contributed by atoms with van der Waals surface area (Å²) in [6.07, 6.45) is 9.37. The quantitative estimate of drug-likeness (QED) is 0.391. The second-order valence-corrected chi connectivity index (χ2v) is 11.7. The normalized spacial score (nSPS) is 30.4. The number of alkyl halides is 1. The highest BCUT2D eigenvalue weighted by atomic mass is 28.3. The van der Waals surface area contributed by atoms with Gasteiger partial charge < -0.3 is 0 Å². The maximum absolute atomic E-state index is 13.5. The first kappa shape index (κ1) is 19.0. The fraction of sp³-hybridized carbons (Fsp3) is 0.714. The first-order chi connectivity index (χ1) is 12.2. The van der Waals surface area contributed by atoms with Crippen molar-refractivity contribution in [3.8, 4) is 0 Å². The molecule has 1 saturated carbocycles. The van der Waals surface area contributed by atoms with E-state index >= 15 is 0 Å². The molecule has 0 spiro atoms. The smallest absolute Gasteiger partial charge is 0.159 e. The molecule has 25 heavy (non-hydrogen) atoms. The highest BCUT2D eigenvalue weighted by Gasteiger charge is 2.31. The molecule has 0 amide bonds. The van der Waals surface area contributed by atoms with Crippen LogP contribution in [-0.2, 0) is 0 Å². The molecule has 0 unspecified atom stereocenters. The summed E-state index contributed by atoms with van der Waals surface area (Å²) in [7, 11) is -0.566. The zero-order valence-electron chi connectivity index (χ0n) is 15.2. The van der Waals surface area contributed by atoms with Crippen molar-refractivity contribution in [3.05, 3.63) is 35.4 Å². The van der Waals surface area contributed by atoms with Gasteiger partial charge in [0.2, 0.25) is 0 Å². The van der Waals surface area contributed by atoms with E-state index in [4.69, 9.17) is 0 Å². The largest absolute Gasteiger partial charge is 0.251 e. The predicted molar refractivity (Wildman–Crippen MR) is 101 cm³/mol. The van der Waals surface area contributed by atoms with Crippen LogP contribution in [0.1, 0.15) is 62.8 Å². The molecule has 1 aliphatic carbocycles. The number of halogens is 3. The Labute approximate surface area is 151 Å². The van der Waals surface area contributed by atoms with Crippen LogP contribution in [0.5, 0.6) is 0 Å². The third-order valence-electron chi connectivity index (χ3n) is 6.74. The maximum atomic E-state index is 13.5. The van der Waals surface area contributed by atoms with E-state index in [0.29, 0.717) is 5.92 Å². The molecule has 3 rings (SSSR count). The van der Waals surface area contributed by atoms with Crippen molar-refractivity contribution in [2.45, 2.75) is 75.4 Å². The molecule has 1 heterocycles. The summed E-state index contributed by atoms with van der Waals surface area (Å²) < 4.78 is 38.8. The van der Waals surface area contributed by atoms with Gasteiger partial charge in [0.1, 0.15) is 0 Å². The Morgan fingerprint density at radius 1 is 0.840 bits per heavy atom.